The predicted octanol–water partition coefficient (Wildman–Crippen LogP) is 5.25. The summed E-state index contributed by atoms with van der Waals surface area (Å²) in [5.74, 6) is 0. The highest BCUT2D eigenvalue weighted by atomic mass is 32.1. The van der Waals surface area contributed by atoms with Crippen LogP contribution in [0.4, 0.5) is 11.4 Å². The van der Waals surface area contributed by atoms with Gasteiger partial charge in [-0.1, -0.05) is 12.1 Å². The molecule has 1 aromatic heterocycles. The Morgan fingerprint density at radius 3 is 2.57 bits per heavy atom. The van der Waals surface area contributed by atoms with Crippen molar-refractivity contribution in [3.05, 3.63) is 78.3 Å². The molecule has 5 heteroatoms. The minimum absolute atomic E-state index is 0.894. The van der Waals surface area contributed by atoms with Crippen molar-refractivity contribution in [2.45, 2.75) is 0 Å². The van der Waals surface area contributed by atoms with Gasteiger partial charge >= 0.3 is 0 Å². The molecular formula is C23H18N4S. The molecule has 0 atom stereocenters. The van der Waals surface area contributed by atoms with Crippen molar-refractivity contribution in [1.82, 2.24) is 9.97 Å². The minimum atomic E-state index is 0.894. The minimum Gasteiger partial charge on any atom is -0.378 e. The Balaban J connectivity index is 1.80. The summed E-state index contributed by atoms with van der Waals surface area (Å²) in [6.45, 7) is 0. The topological polar surface area (TPSA) is 41.4 Å². The van der Waals surface area contributed by atoms with E-state index in [9.17, 15) is 0 Å². The van der Waals surface area contributed by atoms with Gasteiger partial charge in [-0.05, 0) is 54.6 Å². The van der Waals surface area contributed by atoms with Crippen LogP contribution in [0.25, 0.3) is 31.7 Å². The van der Waals surface area contributed by atoms with Crippen LogP contribution in [-0.2, 0) is 0 Å². The summed E-state index contributed by atoms with van der Waals surface area (Å²) < 4.78 is 1.16. The Hall–Kier alpha value is -3.31. The number of hydrogen-bond acceptors (Lipinski definition) is 5. The fourth-order valence-corrected chi connectivity index (χ4v) is 4.32. The Bertz CT molecular complexity index is 1340. The summed E-state index contributed by atoms with van der Waals surface area (Å²) in [6, 6.07) is 22.6. The van der Waals surface area contributed by atoms with E-state index in [-0.39, 0.29) is 0 Å². The van der Waals surface area contributed by atoms with Crippen LogP contribution in [0.5, 0.6) is 0 Å². The molecule has 1 aliphatic carbocycles. The summed E-state index contributed by atoms with van der Waals surface area (Å²) in [5, 5.41) is 1.93. The highest BCUT2D eigenvalue weighted by Crippen LogP contribution is 2.33. The number of nitrogens with zero attached hydrogens (tertiary/aromatic N) is 4. The van der Waals surface area contributed by atoms with Crippen LogP contribution in [0, 0.1) is 0 Å². The molecule has 28 heavy (non-hydrogen) atoms. The lowest BCUT2D eigenvalue weighted by Crippen LogP contribution is -2.08. The SMILES string of the molecule is CN(C)c1ccc(N=c2cc3sc4ccccc4nc-3c3ncccc23)cc1. The number of rotatable bonds is 2. The zero-order valence-corrected chi connectivity index (χ0v) is 16.4. The molecule has 136 valence electrons. The lowest BCUT2D eigenvalue weighted by Gasteiger charge is -2.12. The van der Waals surface area contributed by atoms with Crippen molar-refractivity contribution in [3.8, 4) is 10.6 Å². The van der Waals surface area contributed by atoms with Crippen LogP contribution in [0.3, 0.4) is 0 Å². The number of fused-ring (bicyclic) bond motifs is 4. The van der Waals surface area contributed by atoms with Gasteiger partial charge in [0.2, 0.25) is 0 Å². The normalized spacial score (nSPS) is 12.1. The molecule has 0 spiro atoms. The molecule has 5 rings (SSSR count). The quantitative estimate of drug-likeness (QED) is 0.309. The van der Waals surface area contributed by atoms with Crippen LogP contribution in [0.1, 0.15) is 0 Å². The molecule has 2 aromatic carbocycles. The first-order chi connectivity index (χ1) is 13.7. The van der Waals surface area contributed by atoms with E-state index in [0.29, 0.717) is 0 Å². The highest BCUT2D eigenvalue weighted by Gasteiger charge is 2.14. The van der Waals surface area contributed by atoms with E-state index in [4.69, 9.17) is 9.98 Å². The number of pyridine rings is 1. The maximum atomic E-state index is 4.92. The third-order valence-corrected chi connectivity index (χ3v) is 5.84. The van der Waals surface area contributed by atoms with Gasteiger partial charge in [-0.3, -0.25) is 4.98 Å². The van der Waals surface area contributed by atoms with Gasteiger partial charge in [0.05, 0.1) is 31.7 Å². The molecule has 3 aromatic rings. The molecule has 0 amide bonds. The van der Waals surface area contributed by atoms with E-state index in [1.807, 2.05) is 56.7 Å². The van der Waals surface area contributed by atoms with Crippen molar-refractivity contribution in [1.29, 1.82) is 0 Å². The largest absolute Gasteiger partial charge is 0.378 e. The first-order valence-corrected chi connectivity index (χ1v) is 9.90. The number of aromatic nitrogens is 2. The van der Waals surface area contributed by atoms with Crippen molar-refractivity contribution in [2.75, 3.05) is 19.0 Å². The highest BCUT2D eigenvalue weighted by molar-refractivity contribution is 7.21. The van der Waals surface area contributed by atoms with Crippen LogP contribution in [0.2, 0.25) is 0 Å². The fraction of sp³-hybridized carbons (Fsp3) is 0.0870. The molecule has 2 aliphatic rings. The van der Waals surface area contributed by atoms with Gasteiger partial charge in [-0.2, -0.15) is 0 Å². The van der Waals surface area contributed by atoms with Crippen molar-refractivity contribution < 1.29 is 0 Å². The monoisotopic (exact) mass is 382 g/mol. The van der Waals surface area contributed by atoms with Crippen LogP contribution in [-0.4, -0.2) is 24.1 Å². The standard InChI is InChI=1S/C23H18N4S/c1-27(2)16-11-9-15(10-12-16)25-19-14-21-23(22-17(19)6-5-13-24-22)26-18-7-3-4-8-20(18)28-21/h3-14H,1-2H3. The lowest BCUT2D eigenvalue weighted by atomic mass is 10.1. The molecule has 2 heterocycles. The molecule has 0 fully saturated rings. The molecule has 0 bridgehead atoms. The molecule has 0 saturated carbocycles. The van der Waals surface area contributed by atoms with Gasteiger partial charge < -0.3 is 4.90 Å². The third kappa shape index (κ3) is 2.90. The van der Waals surface area contributed by atoms with Gasteiger partial charge in [0.1, 0.15) is 5.69 Å². The zero-order valence-electron chi connectivity index (χ0n) is 15.6. The first kappa shape index (κ1) is 16.8. The predicted molar refractivity (Wildman–Crippen MR) is 118 cm³/mol. The van der Waals surface area contributed by atoms with Gasteiger partial charge in [-0.25, -0.2) is 9.98 Å². The molecule has 0 saturated heterocycles. The summed E-state index contributed by atoms with van der Waals surface area (Å²) in [6.07, 6.45) is 1.82. The Labute approximate surface area is 166 Å². The molecule has 1 aliphatic heterocycles. The maximum Gasteiger partial charge on any atom is 0.107 e. The van der Waals surface area contributed by atoms with E-state index in [1.54, 1.807) is 11.3 Å². The Morgan fingerprint density at radius 1 is 0.929 bits per heavy atom. The lowest BCUT2D eigenvalue weighted by molar-refractivity contribution is 1.13. The number of hydrogen-bond donors (Lipinski definition) is 0. The summed E-state index contributed by atoms with van der Waals surface area (Å²) in [7, 11) is 4.07. The van der Waals surface area contributed by atoms with Gasteiger partial charge in [0.15, 0.2) is 0 Å². The van der Waals surface area contributed by atoms with E-state index in [0.717, 1.165) is 48.4 Å². The Morgan fingerprint density at radius 2 is 1.75 bits per heavy atom. The second kappa shape index (κ2) is 6.69. The molecular weight excluding hydrogens is 364 g/mol. The average molecular weight is 382 g/mol. The molecule has 0 radical (unpaired) electrons. The van der Waals surface area contributed by atoms with Crippen molar-refractivity contribution in [2.24, 2.45) is 4.99 Å². The van der Waals surface area contributed by atoms with Crippen molar-refractivity contribution in [3.63, 3.8) is 0 Å². The van der Waals surface area contributed by atoms with Gasteiger partial charge in [-0.15, -0.1) is 11.3 Å². The summed E-state index contributed by atoms with van der Waals surface area (Å²) in [4.78, 5) is 17.6. The summed E-state index contributed by atoms with van der Waals surface area (Å²) >= 11 is 1.73. The van der Waals surface area contributed by atoms with Crippen molar-refractivity contribution >= 4 is 43.8 Å². The van der Waals surface area contributed by atoms with E-state index in [1.165, 1.54) is 0 Å². The third-order valence-electron chi connectivity index (χ3n) is 4.74. The zero-order chi connectivity index (χ0) is 19.1. The number of benzene rings is 3. The van der Waals surface area contributed by atoms with Crippen LogP contribution < -0.4 is 10.3 Å². The average Bonchev–Trinajstić information content (AvgIpc) is 2.73. The molecule has 4 nitrogen and oxygen atoms in total. The van der Waals surface area contributed by atoms with Crippen LogP contribution in [0.15, 0.2) is 77.9 Å². The van der Waals surface area contributed by atoms with E-state index >= 15 is 0 Å². The van der Waals surface area contributed by atoms with Crippen LogP contribution >= 0.6 is 11.3 Å². The fourth-order valence-electron chi connectivity index (χ4n) is 3.31. The van der Waals surface area contributed by atoms with E-state index in [2.05, 4.69) is 40.2 Å². The van der Waals surface area contributed by atoms with Gasteiger partial charge in [0, 0.05) is 31.4 Å². The van der Waals surface area contributed by atoms with E-state index < -0.39 is 0 Å². The number of anilines is 1. The maximum absolute atomic E-state index is 4.92. The molecule has 0 N–H and O–H groups in total. The summed E-state index contributed by atoms with van der Waals surface area (Å²) in [5.41, 5.74) is 4.90. The smallest absolute Gasteiger partial charge is 0.107 e. The first-order valence-electron chi connectivity index (χ1n) is 9.08. The Kier molecular flexibility index (Phi) is 4.02. The second-order valence-corrected chi connectivity index (χ2v) is 7.93. The molecule has 0 unspecified atom stereocenters. The number of para-hydroxylation sites is 1. The second-order valence-electron chi connectivity index (χ2n) is 6.85. The van der Waals surface area contributed by atoms with Gasteiger partial charge in [0.25, 0.3) is 0 Å².